The van der Waals surface area contributed by atoms with Crippen LogP contribution in [-0.2, 0) is 9.59 Å². The van der Waals surface area contributed by atoms with Gasteiger partial charge in [0.15, 0.2) is 0 Å². The average Bonchev–Trinajstić information content (AvgIpc) is 3.69. The summed E-state index contributed by atoms with van der Waals surface area (Å²) >= 11 is 0. The number of nitrogens with zero attached hydrogens (tertiary/aromatic N) is 3. The lowest BCUT2D eigenvalue weighted by Crippen LogP contribution is -2.61. The van der Waals surface area contributed by atoms with Gasteiger partial charge in [0.2, 0.25) is 11.8 Å². The van der Waals surface area contributed by atoms with Crippen molar-refractivity contribution >= 4 is 30.3 Å². The van der Waals surface area contributed by atoms with E-state index in [2.05, 4.69) is 10.2 Å². The van der Waals surface area contributed by atoms with Crippen LogP contribution in [-0.4, -0.2) is 75.2 Å². The maximum absolute atomic E-state index is 13.9. The van der Waals surface area contributed by atoms with Crippen molar-refractivity contribution in [2.75, 3.05) is 13.1 Å². The minimum absolute atomic E-state index is 0. The molecule has 10 heteroatoms. The number of nitrogens with one attached hydrogen (secondary N) is 1. The lowest BCUT2D eigenvalue weighted by molar-refractivity contribution is -0.138. The van der Waals surface area contributed by atoms with Crippen molar-refractivity contribution < 1.29 is 23.2 Å². The third-order valence-corrected chi connectivity index (χ3v) is 10.4. The highest BCUT2D eigenvalue weighted by molar-refractivity contribution is 6.07. The van der Waals surface area contributed by atoms with Crippen molar-refractivity contribution in [1.82, 2.24) is 20.0 Å². The van der Waals surface area contributed by atoms with Gasteiger partial charge in [0.05, 0.1) is 6.04 Å². The van der Waals surface area contributed by atoms with E-state index in [1.54, 1.807) is 4.90 Å². The van der Waals surface area contributed by atoms with Crippen molar-refractivity contribution in [3.05, 3.63) is 35.9 Å². The highest BCUT2D eigenvalue weighted by Gasteiger charge is 2.63. The van der Waals surface area contributed by atoms with Crippen LogP contribution in [0.3, 0.4) is 0 Å². The van der Waals surface area contributed by atoms with Crippen LogP contribution in [0.1, 0.15) is 96.1 Å². The summed E-state index contributed by atoms with van der Waals surface area (Å²) < 4.78 is 27.4. The first-order chi connectivity index (χ1) is 19.6. The molecule has 3 atom stereocenters. The Balaban J connectivity index is 0.00000353. The highest BCUT2D eigenvalue weighted by atomic mass is 35.5. The second-order valence-corrected chi connectivity index (χ2v) is 13.6. The molecule has 5 aliphatic rings. The van der Waals surface area contributed by atoms with E-state index in [1.807, 2.05) is 49.1 Å². The minimum atomic E-state index is -2.66. The maximum Gasteiger partial charge on any atom is 0.327 e. The predicted octanol–water partition coefficient (Wildman–Crippen LogP) is 5.93. The number of halogens is 3. The number of carbonyl (C=O) groups is 3. The molecule has 4 amide bonds. The second-order valence-electron chi connectivity index (χ2n) is 13.6. The van der Waals surface area contributed by atoms with Crippen molar-refractivity contribution in [2.24, 2.45) is 11.8 Å². The zero-order chi connectivity index (χ0) is 28.9. The fraction of sp³-hybridized carbons (Fsp3) is 0.719. The molecule has 0 radical (unpaired) electrons. The van der Waals surface area contributed by atoms with Crippen LogP contribution in [0.2, 0.25) is 0 Å². The molecule has 3 saturated heterocycles. The van der Waals surface area contributed by atoms with E-state index in [1.165, 1.54) is 0 Å². The number of rotatable bonds is 9. The Morgan fingerprint density at radius 1 is 0.976 bits per heavy atom. The second kappa shape index (κ2) is 12.0. The number of piperidine rings is 1. The lowest BCUT2D eigenvalue weighted by Gasteiger charge is -2.48. The summed E-state index contributed by atoms with van der Waals surface area (Å²) in [4.78, 5) is 46.5. The summed E-state index contributed by atoms with van der Waals surface area (Å²) in [5.41, 5.74) is 0.263. The number of alkyl halides is 2. The van der Waals surface area contributed by atoms with Gasteiger partial charge in [0, 0.05) is 50.0 Å². The van der Waals surface area contributed by atoms with Crippen LogP contribution in [0.5, 0.6) is 0 Å². The first-order valence-corrected chi connectivity index (χ1v) is 15.7. The van der Waals surface area contributed by atoms with Gasteiger partial charge >= 0.3 is 6.03 Å². The molecular weight excluding hydrogens is 562 g/mol. The normalized spacial score (nSPS) is 30.2. The molecular formula is C32H45ClF2N4O3. The van der Waals surface area contributed by atoms with Crippen LogP contribution in [0, 0.1) is 11.8 Å². The molecule has 1 N–H and O–H groups in total. The third kappa shape index (κ3) is 5.92. The largest absolute Gasteiger partial charge is 0.349 e. The first kappa shape index (κ1) is 31.2. The van der Waals surface area contributed by atoms with E-state index in [0.29, 0.717) is 31.7 Å². The van der Waals surface area contributed by atoms with Crippen LogP contribution >= 0.6 is 12.4 Å². The molecule has 6 rings (SSSR count). The monoisotopic (exact) mass is 606 g/mol. The van der Waals surface area contributed by atoms with E-state index in [4.69, 9.17) is 0 Å². The molecule has 2 unspecified atom stereocenters. The van der Waals surface area contributed by atoms with E-state index in [0.717, 1.165) is 37.8 Å². The van der Waals surface area contributed by atoms with Gasteiger partial charge in [-0.25, -0.2) is 13.6 Å². The number of benzene rings is 1. The molecule has 1 aromatic carbocycles. The molecule has 2 saturated carbocycles. The van der Waals surface area contributed by atoms with E-state index in [9.17, 15) is 23.2 Å². The Bertz CT molecular complexity index is 1140. The SMILES string of the molecule is CC(C)N1C(=O)N(CC2CC2)C(=O)C12CC1CCC(C2)N1CC[C@H](NC(=O)C1CCC(F)(F)CC1)c1ccccc1.Cl. The number of imide groups is 1. The van der Waals surface area contributed by atoms with Crippen LogP contribution < -0.4 is 5.32 Å². The molecule has 2 bridgehead atoms. The summed E-state index contributed by atoms with van der Waals surface area (Å²) in [5.74, 6) is -2.70. The molecule has 3 heterocycles. The Morgan fingerprint density at radius 3 is 2.17 bits per heavy atom. The molecule has 3 aliphatic heterocycles. The number of fused-ring (bicyclic) bond motifs is 2. The molecule has 1 aromatic rings. The fourth-order valence-corrected chi connectivity index (χ4v) is 8.12. The van der Waals surface area contributed by atoms with Crippen LogP contribution in [0.25, 0.3) is 0 Å². The molecule has 1 spiro atoms. The molecule has 42 heavy (non-hydrogen) atoms. The highest BCUT2D eigenvalue weighted by Crippen LogP contribution is 2.49. The van der Waals surface area contributed by atoms with Crippen LogP contribution in [0.4, 0.5) is 13.6 Å². The van der Waals surface area contributed by atoms with Gasteiger partial charge in [0.25, 0.3) is 5.91 Å². The Morgan fingerprint density at radius 2 is 1.60 bits per heavy atom. The number of hydrogen-bond donors (Lipinski definition) is 1. The molecule has 0 aromatic heterocycles. The van der Waals surface area contributed by atoms with Gasteiger partial charge in [-0.2, -0.15) is 0 Å². The molecule has 232 valence electrons. The number of urea groups is 1. The zero-order valence-electron chi connectivity index (χ0n) is 24.8. The van der Waals surface area contributed by atoms with Crippen molar-refractivity contribution in [2.45, 2.75) is 120 Å². The van der Waals surface area contributed by atoms with Gasteiger partial charge in [-0.1, -0.05) is 30.3 Å². The Labute approximate surface area is 254 Å². The smallest absolute Gasteiger partial charge is 0.327 e. The third-order valence-electron chi connectivity index (χ3n) is 10.4. The minimum Gasteiger partial charge on any atom is -0.349 e. The molecule has 5 fully saturated rings. The maximum atomic E-state index is 13.9. The topological polar surface area (TPSA) is 73.0 Å². The standard InChI is InChI=1S/C32H44F2N4O3.ClH/c1-21(2)38-30(41)37(20-22-8-9-22)29(40)31(38)18-25-10-11-26(19-31)36(25)17-14-27(23-6-4-3-5-7-23)35-28(39)24-12-15-32(33,34)16-13-24;/h3-7,21-22,24-27H,8-20H2,1-2H3,(H,35,39);1H/t25?,26?,27-,31?;/m0./s1. The number of amides is 4. The quantitative estimate of drug-likeness (QED) is 0.354. The van der Waals surface area contributed by atoms with Crippen molar-refractivity contribution in [3.63, 3.8) is 0 Å². The van der Waals surface area contributed by atoms with Crippen LogP contribution in [0.15, 0.2) is 30.3 Å². The summed E-state index contributed by atoms with van der Waals surface area (Å²) in [5, 5.41) is 3.21. The lowest BCUT2D eigenvalue weighted by atomic mass is 9.80. The number of carbonyl (C=O) groups excluding carboxylic acids is 3. The van der Waals surface area contributed by atoms with E-state index in [-0.39, 0.29) is 86.0 Å². The first-order valence-electron chi connectivity index (χ1n) is 15.7. The summed E-state index contributed by atoms with van der Waals surface area (Å²) in [6.07, 6.45) is 6.19. The number of hydrogen-bond acceptors (Lipinski definition) is 4. The van der Waals surface area contributed by atoms with Gasteiger partial charge in [-0.15, -0.1) is 12.4 Å². The van der Waals surface area contributed by atoms with Gasteiger partial charge in [0.1, 0.15) is 5.54 Å². The average molecular weight is 607 g/mol. The van der Waals surface area contributed by atoms with E-state index >= 15 is 0 Å². The van der Waals surface area contributed by atoms with Gasteiger partial charge in [-0.3, -0.25) is 19.4 Å². The van der Waals surface area contributed by atoms with Crippen molar-refractivity contribution in [3.8, 4) is 0 Å². The van der Waals surface area contributed by atoms with Gasteiger partial charge < -0.3 is 10.2 Å². The predicted molar refractivity (Wildman–Crippen MR) is 158 cm³/mol. The summed E-state index contributed by atoms with van der Waals surface area (Å²) in [6.45, 7) is 5.35. The van der Waals surface area contributed by atoms with Gasteiger partial charge in [-0.05, 0) is 83.1 Å². The summed E-state index contributed by atoms with van der Waals surface area (Å²) in [7, 11) is 0. The van der Waals surface area contributed by atoms with Crippen molar-refractivity contribution in [1.29, 1.82) is 0 Å². The van der Waals surface area contributed by atoms with E-state index < -0.39 is 11.5 Å². The summed E-state index contributed by atoms with van der Waals surface area (Å²) in [6, 6.07) is 9.94. The molecule has 2 aliphatic carbocycles. The zero-order valence-corrected chi connectivity index (χ0v) is 25.6. The Kier molecular flexibility index (Phi) is 8.93. The Hall–Kier alpha value is -2.26. The molecule has 7 nitrogen and oxygen atoms in total. The fourth-order valence-electron chi connectivity index (χ4n) is 8.12.